The van der Waals surface area contributed by atoms with Gasteiger partial charge in [-0.1, -0.05) is 30.3 Å². The van der Waals surface area contributed by atoms with Crippen molar-refractivity contribution < 1.29 is 5.11 Å². The first-order chi connectivity index (χ1) is 8.72. The zero-order valence-corrected chi connectivity index (χ0v) is 10.8. The van der Waals surface area contributed by atoms with Gasteiger partial charge in [0.2, 0.25) is 0 Å². The lowest BCUT2D eigenvalue weighted by molar-refractivity contribution is 0.270. The smallest absolute Gasteiger partial charge is 0.127 e. The Morgan fingerprint density at radius 1 is 1.22 bits per heavy atom. The highest BCUT2D eigenvalue weighted by Crippen LogP contribution is 2.19. The summed E-state index contributed by atoms with van der Waals surface area (Å²) in [5.74, 6) is 0.991. The molecule has 2 rings (SSSR count). The molecule has 4 nitrogen and oxygen atoms in total. The van der Waals surface area contributed by atoms with E-state index in [0.717, 1.165) is 23.6 Å². The Hall–Kier alpha value is -1.81. The molecule has 0 aliphatic heterocycles. The van der Waals surface area contributed by atoms with Crippen LogP contribution in [0, 0.1) is 13.8 Å². The van der Waals surface area contributed by atoms with Gasteiger partial charge in [0.05, 0.1) is 18.8 Å². The summed E-state index contributed by atoms with van der Waals surface area (Å²) in [7, 11) is 0. The van der Waals surface area contributed by atoms with Crippen molar-refractivity contribution in [1.82, 2.24) is 9.78 Å². The average Bonchev–Trinajstić information content (AvgIpc) is 2.65. The van der Waals surface area contributed by atoms with Crippen LogP contribution >= 0.6 is 0 Å². The van der Waals surface area contributed by atoms with Gasteiger partial charge in [-0.3, -0.25) is 0 Å². The molecule has 96 valence electrons. The molecule has 0 aliphatic rings. The van der Waals surface area contributed by atoms with E-state index < -0.39 is 0 Å². The molecule has 18 heavy (non-hydrogen) atoms. The van der Waals surface area contributed by atoms with Gasteiger partial charge in [0.1, 0.15) is 5.82 Å². The van der Waals surface area contributed by atoms with E-state index in [2.05, 4.69) is 22.5 Å². The summed E-state index contributed by atoms with van der Waals surface area (Å²) in [5, 5.41) is 16.8. The molecule has 2 aromatic rings. The monoisotopic (exact) mass is 245 g/mol. The topological polar surface area (TPSA) is 50.1 Å². The van der Waals surface area contributed by atoms with Gasteiger partial charge in [-0.15, -0.1) is 0 Å². The Bertz CT molecular complexity index is 505. The third-order valence-corrected chi connectivity index (χ3v) is 3.04. The second kappa shape index (κ2) is 5.69. The molecule has 0 saturated carbocycles. The van der Waals surface area contributed by atoms with Crippen molar-refractivity contribution >= 4 is 5.82 Å². The molecule has 0 fully saturated rings. The van der Waals surface area contributed by atoms with E-state index in [9.17, 15) is 0 Å². The Morgan fingerprint density at radius 3 is 2.61 bits per heavy atom. The Morgan fingerprint density at radius 2 is 1.94 bits per heavy atom. The molecule has 0 aliphatic carbocycles. The molecule has 0 bridgehead atoms. The van der Waals surface area contributed by atoms with E-state index in [4.69, 9.17) is 5.11 Å². The van der Waals surface area contributed by atoms with Crippen LogP contribution in [0.1, 0.15) is 16.8 Å². The minimum atomic E-state index is 0.0978. The van der Waals surface area contributed by atoms with Crippen molar-refractivity contribution in [3.05, 3.63) is 47.2 Å². The highest BCUT2D eigenvalue weighted by molar-refractivity contribution is 5.47. The van der Waals surface area contributed by atoms with Crippen molar-refractivity contribution in [3.8, 4) is 0 Å². The maximum atomic E-state index is 9.04. The number of nitrogens with one attached hydrogen (secondary N) is 1. The molecule has 1 heterocycles. The first-order valence-corrected chi connectivity index (χ1v) is 6.15. The van der Waals surface area contributed by atoms with Crippen LogP contribution in [0.4, 0.5) is 5.82 Å². The van der Waals surface area contributed by atoms with Crippen LogP contribution in [-0.2, 0) is 13.1 Å². The van der Waals surface area contributed by atoms with E-state index in [-0.39, 0.29) is 6.61 Å². The number of aliphatic hydroxyl groups is 1. The summed E-state index contributed by atoms with van der Waals surface area (Å²) in [6.07, 6.45) is 0. The second-order valence-corrected chi connectivity index (χ2v) is 4.34. The van der Waals surface area contributed by atoms with E-state index in [1.54, 1.807) is 0 Å². The fraction of sp³-hybridized carbons (Fsp3) is 0.357. The largest absolute Gasteiger partial charge is 0.394 e. The Labute approximate surface area is 107 Å². The predicted molar refractivity (Wildman–Crippen MR) is 72.6 cm³/mol. The third-order valence-electron chi connectivity index (χ3n) is 3.04. The lowest BCUT2D eigenvalue weighted by Gasteiger charge is -2.10. The minimum absolute atomic E-state index is 0.0978. The van der Waals surface area contributed by atoms with E-state index in [1.165, 1.54) is 5.56 Å². The Balaban J connectivity index is 2.13. The number of aryl methyl sites for hydroxylation is 1. The fourth-order valence-electron chi connectivity index (χ4n) is 1.93. The number of aromatic nitrogens is 2. The average molecular weight is 245 g/mol. The molecule has 2 N–H and O–H groups in total. The standard InChI is InChI=1S/C14H19N3O/c1-11-12(2)16-17(8-9-18)14(11)15-10-13-6-4-3-5-7-13/h3-7,15,18H,8-10H2,1-2H3. The maximum Gasteiger partial charge on any atom is 0.127 e. The number of hydrogen-bond donors (Lipinski definition) is 2. The molecule has 0 unspecified atom stereocenters. The van der Waals surface area contributed by atoms with Crippen molar-refractivity contribution in [3.63, 3.8) is 0 Å². The molecular formula is C14H19N3O. The summed E-state index contributed by atoms with van der Waals surface area (Å²) in [6, 6.07) is 10.2. The lowest BCUT2D eigenvalue weighted by Crippen LogP contribution is -2.10. The van der Waals surface area contributed by atoms with Crippen LogP contribution in [0.3, 0.4) is 0 Å². The molecule has 0 spiro atoms. The number of aliphatic hydroxyl groups excluding tert-OH is 1. The summed E-state index contributed by atoms with van der Waals surface area (Å²) >= 11 is 0. The molecule has 0 radical (unpaired) electrons. The number of nitrogens with zero attached hydrogens (tertiary/aromatic N) is 2. The van der Waals surface area contributed by atoms with Gasteiger partial charge in [-0.25, -0.2) is 4.68 Å². The number of rotatable bonds is 5. The number of hydrogen-bond acceptors (Lipinski definition) is 3. The quantitative estimate of drug-likeness (QED) is 0.848. The van der Waals surface area contributed by atoms with Crippen molar-refractivity contribution in [2.24, 2.45) is 0 Å². The molecule has 1 aromatic carbocycles. The highest BCUT2D eigenvalue weighted by Gasteiger charge is 2.10. The summed E-state index contributed by atoms with van der Waals surface area (Å²) < 4.78 is 1.83. The molecular weight excluding hydrogens is 226 g/mol. The van der Waals surface area contributed by atoms with Crippen LogP contribution in [-0.4, -0.2) is 21.5 Å². The van der Waals surface area contributed by atoms with E-state index in [0.29, 0.717) is 6.54 Å². The SMILES string of the molecule is Cc1nn(CCO)c(NCc2ccccc2)c1C. The van der Waals surface area contributed by atoms with Gasteiger partial charge < -0.3 is 10.4 Å². The zero-order chi connectivity index (χ0) is 13.0. The third kappa shape index (κ3) is 2.71. The van der Waals surface area contributed by atoms with Gasteiger partial charge in [0.15, 0.2) is 0 Å². The number of anilines is 1. The minimum Gasteiger partial charge on any atom is -0.394 e. The van der Waals surface area contributed by atoms with Crippen LogP contribution in [0.25, 0.3) is 0 Å². The normalized spacial score (nSPS) is 10.6. The van der Waals surface area contributed by atoms with E-state index in [1.807, 2.05) is 36.7 Å². The zero-order valence-electron chi connectivity index (χ0n) is 10.8. The molecule has 0 amide bonds. The van der Waals surface area contributed by atoms with Gasteiger partial charge in [0.25, 0.3) is 0 Å². The summed E-state index contributed by atoms with van der Waals surface area (Å²) in [5.41, 5.74) is 3.37. The first kappa shape index (κ1) is 12.6. The lowest BCUT2D eigenvalue weighted by atomic mass is 10.2. The van der Waals surface area contributed by atoms with Gasteiger partial charge in [-0.05, 0) is 19.4 Å². The van der Waals surface area contributed by atoms with Gasteiger partial charge in [-0.2, -0.15) is 5.10 Å². The molecule has 4 heteroatoms. The van der Waals surface area contributed by atoms with Crippen LogP contribution in [0.5, 0.6) is 0 Å². The molecule has 1 aromatic heterocycles. The van der Waals surface area contributed by atoms with E-state index >= 15 is 0 Å². The van der Waals surface area contributed by atoms with Crippen molar-refractivity contribution in [1.29, 1.82) is 0 Å². The first-order valence-electron chi connectivity index (χ1n) is 6.15. The van der Waals surface area contributed by atoms with Crippen LogP contribution < -0.4 is 5.32 Å². The fourth-order valence-corrected chi connectivity index (χ4v) is 1.93. The van der Waals surface area contributed by atoms with Crippen molar-refractivity contribution in [2.45, 2.75) is 26.9 Å². The predicted octanol–water partition coefficient (Wildman–Crippen LogP) is 2.10. The van der Waals surface area contributed by atoms with Crippen LogP contribution in [0.15, 0.2) is 30.3 Å². The summed E-state index contributed by atoms with van der Waals surface area (Å²) in [6.45, 7) is 5.41. The molecule has 0 atom stereocenters. The number of benzene rings is 1. The van der Waals surface area contributed by atoms with Crippen molar-refractivity contribution in [2.75, 3.05) is 11.9 Å². The second-order valence-electron chi connectivity index (χ2n) is 4.34. The van der Waals surface area contributed by atoms with Gasteiger partial charge >= 0.3 is 0 Å². The highest BCUT2D eigenvalue weighted by atomic mass is 16.3. The Kier molecular flexibility index (Phi) is 3.99. The summed E-state index contributed by atoms with van der Waals surface area (Å²) in [4.78, 5) is 0. The molecule has 0 saturated heterocycles. The van der Waals surface area contributed by atoms with Crippen LogP contribution in [0.2, 0.25) is 0 Å². The maximum absolute atomic E-state index is 9.04. The van der Waals surface area contributed by atoms with Gasteiger partial charge in [0, 0.05) is 12.1 Å².